The van der Waals surface area contributed by atoms with Crippen molar-refractivity contribution in [3.63, 3.8) is 0 Å². The zero-order chi connectivity index (χ0) is 27.3. The fourth-order valence-electron chi connectivity index (χ4n) is 3.44. The summed E-state index contributed by atoms with van der Waals surface area (Å²) in [5.74, 6) is 36.9. The van der Waals surface area contributed by atoms with E-state index in [1.807, 2.05) is 36.4 Å². The molecule has 0 radical (unpaired) electrons. The first-order chi connectivity index (χ1) is 19.1. The van der Waals surface area contributed by atoms with E-state index in [0.717, 1.165) is 50.1 Å². The van der Waals surface area contributed by atoms with E-state index in [1.165, 1.54) is 0 Å². The summed E-state index contributed by atoms with van der Waals surface area (Å²) in [4.78, 5) is 12.7. The van der Waals surface area contributed by atoms with Crippen LogP contribution in [0.1, 0.15) is 70.8 Å². The zero-order valence-corrected chi connectivity index (χ0v) is 21.8. The van der Waals surface area contributed by atoms with Gasteiger partial charge in [0.2, 0.25) is 0 Å². The van der Waals surface area contributed by atoms with Crippen molar-refractivity contribution in [2.24, 2.45) is 0 Å². The molecule has 3 heteroatoms. The fraction of sp³-hybridized carbons (Fsp3) is 0.0833. The van der Waals surface area contributed by atoms with Gasteiger partial charge in [0.1, 0.15) is 0 Å². The molecule has 0 aliphatic rings. The van der Waals surface area contributed by atoms with Crippen LogP contribution in [-0.2, 0) is 0 Å². The monoisotopic (exact) mass is 495 g/mol. The zero-order valence-electron chi connectivity index (χ0n) is 21.8. The van der Waals surface area contributed by atoms with E-state index >= 15 is 0 Å². The molecule has 0 N–H and O–H groups in total. The lowest BCUT2D eigenvalue weighted by atomic mass is 10.0. The Balaban J connectivity index is 1.74. The van der Waals surface area contributed by atoms with Crippen LogP contribution in [0.4, 0.5) is 0 Å². The molecule has 0 aliphatic carbocycles. The molecule has 39 heavy (non-hydrogen) atoms. The van der Waals surface area contributed by atoms with Gasteiger partial charge in [0.05, 0.1) is 0 Å². The van der Waals surface area contributed by atoms with Crippen LogP contribution in [0.25, 0.3) is 0 Å². The van der Waals surface area contributed by atoms with Crippen LogP contribution in [0.2, 0.25) is 0 Å². The number of nitrogens with zero attached hydrogens (tertiary/aromatic N) is 3. The second-order valence-corrected chi connectivity index (χ2v) is 8.06. The van der Waals surface area contributed by atoms with Crippen molar-refractivity contribution in [3.05, 3.63) is 124 Å². The molecule has 0 unspecified atom stereocenters. The van der Waals surface area contributed by atoms with Crippen molar-refractivity contribution in [2.75, 3.05) is 0 Å². The molecule has 0 fully saturated rings. The summed E-state index contributed by atoms with van der Waals surface area (Å²) in [6, 6.07) is 11.6. The molecule has 1 aromatic carbocycles. The molecule has 0 atom stereocenters. The van der Waals surface area contributed by atoms with Gasteiger partial charge in [0, 0.05) is 87.3 Å². The molecule has 0 saturated heterocycles. The number of hydrogen-bond donors (Lipinski definition) is 0. The highest BCUT2D eigenvalue weighted by Gasteiger charge is 1.99. The van der Waals surface area contributed by atoms with Gasteiger partial charge in [-0.05, 0) is 57.2 Å². The summed E-state index contributed by atoms with van der Waals surface area (Å²) in [6.45, 7) is 5.38. The van der Waals surface area contributed by atoms with Crippen LogP contribution in [0.3, 0.4) is 0 Å². The third-order valence-corrected chi connectivity index (χ3v) is 5.01. The number of aromatic nitrogens is 3. The molecule has 0 aliphatic heterocycles. The Morgan fingerprint density at radius 3 is 0.769 bits per heavy atom. The summed E-state index contributed by atoms with van der Waals surface area (Å²) < 4.78 is 0. The van der Waals surface area contributed by atoms with Crippen LogP contribution in [0.5, 0.6) is 0 Å². The minimum Gasteiger partial charge on any atom is -0.262 e. The highest BCUT2D eigenvalue weighted by atomic mass is 14.6. The Labute approximate surface area is 230 Å². The predicted octanol–water partition coefficient (Wildman–Crippen LogP) is 5.19. The van der Waals surface area contributed by atoms with Crippen molar-refractivity contribution in [1.29, 1.82) is 0 Å². The molecule has 0 spiro atoms. The highest BCUT2D eigenvalue weighted by Crippen LogP contribution is 2.11. The average Bonchev–Trinajstić information content (AvgIpc) is 2.95. The van der Waals surface area contributed by atoms with Crippen LogP contribution in [-0.4, -0.2) is 15.0 Å². The van der Waals surface area contributed by atoms with E-state index < -0.39 is 0 Å². The normalized spacial score (nSPS) is 8.69. The maximum Gasteiger partial charge on any atom is 0.0444 e. The van der Waals surface area contributed by atoms with Crippen molar-refractivity contribution < 1.29 is 0 Å². The Morgan fingerprint density at radius 1 is 0.308 bits per heavy atom. The van der Waals surface area contributed by atoms with Gasteiger partial charge in [-0.1, -0.05) is 53.3 Å². The lowest BCUT2D eigenvalue weighted by Crippen LogP contribution is -1.87. The second-order valence-electron chi connectivity index (χ2n) is 8.06. The molecule has 3 heterocycles. The van der Waals surface area contributed by atoms with Crippen LogP contribution in [0, 0.1) is 71.0 Å². The molecular weight excluding hydrogens is 474 g/mol. The summed E-state index contributed by atoms with van der Waals surface area (Å²) in [6.07, 6.45) is 10.3. The largest absolute Gasteiger partial charge is 0.262 e. The lowest BCUT2D eigenvalue weighted by Gasteiger charge is -1.98. The maximum atomic E-state index is 4.24. The van der Waals surface area contributed by atoms with Gasteiger partial charge in [0.15, 0.2) is 0 Å². The van der Waals surface area contributed by atoms with Crippen molar-refractivity contribution >= 4 is 0 Å². The van der Waals surface area contributed by atoms with E-state index in [9.17, 15) is 0 Å². The van der Waals surface area contributed by atoms with Crippen molar-refractivity contribution in [3.8, 4) is 71.0 Å². The SMILES string of the molecule is CC#Cc1cncc(C#Cc2cc(C#Cc3cncc(C#CC)c3)cc(C#Cc3cncc(C#CC)c3)c2)c1. The fourth-order valence-corrected chi connectivity index (χ4v) is 3.44. The van der Waals surface area contributed by atoms with Crippen LogP contribution >= 0.6 is 0 Å². The summed E-state index contributed by atoms with van der Waals surface area (Å²) in [7, 11) is 0. The van der Waals surface area contributed by atoms with Crippen LogP contribution < -0.4 is 0 Å². The Morgan fingerprint density at radius 2 is 0.513 bits per heavy atom. The van der Waals surface area contributed by atoms with E-state index in [4.69, 9.17) is 0 Å². The van der Waals surface area contributed by atoms with Gasteiger partial charge >= 0.3 is 0 Å². The number of benzene rings is 1. The van der Waals surface area contributed by atoms with Gasteiger partial charge in [-0.15, -0.1) is 17.8 Å². The number of hydrogen-bond acceptors (Lipinski definition) is 3. The van der Waals surface area contributed by atoms with Gasteiger partial charge < -0.3 is 0 Å². The number of rotatable bonds is 0. The molecule has 3 aromatic heterocycles. The molecule has 4 aromatic rings. The highest BCUT2D eigenvalue weighted by molar-refractivity contribution is 5.56. The van der Waals surface area contributed by atoms with Gasteiger partial charge in [0.25, 0.3) is 0 Å². The van der Waals surface area contributed by atoms with E-state index in [0.29, 0.717) is 0 Å². The van der Waals surface area contributed by atoms with Crippen LogP contribution in [0.15, 0.2) is 73.6 Å². The standard InChI is InChI=1S/C36H21N3/c1-4-7-31-19-34(25-37-22-31)13-10-28-16-29(11-14-35-20-32(8-5-2)23-38-26-35)18-30(17-28)12-15-36-21-33(9-6-3)24-39-27-36/h16-27H,1-3H3. The molecule has 0 amide bonds. The van der Waals surface area contributed by atoms with Gasteiger partial charge in [-0.2, -0.15) is 0 Å². The maximum absolute atomic E-state index is 4.24. The smallest absolute Gasteiger partial charge is 0.0444 e. The first kappa shape index (κ1) is 26.1. The Kier molecular flexibility index (Phi) is 8.95. The van der Waals surface area contributed by atoms with E-state index in [-0.39, 0.29) is 0 Å². The van der Waals surface area contributed by atoms with E-state index in [2.05, 4.69) is 86.0 Å². The quantitative estimate of drug-likeness (QED) is 0.316. The Hall–Kier alpha value is -5.97. The third kappa shape index (κ3) is 8.02. The molecular formula is C36H21N3. The summed E-state index contributed by atoms with van der Waals surface area (Å²) >= 11 is 0. The van der Waals surface area contributed by atoms with E-state index in [1.54, 1.807) is 58.0 Å². The minimum atomic E-state index is 0.777. The molecule has 0 saturated carbocycles. The molecule has 4 rings (SSSR count). The molecule has 0 bridgehead atoms. The first-order valence-electron chi connectivity index (χ1n) is 12.0. The second kappa shape index (κ2) is 13.4. The lowest BCUT2D eigenvalue weighted by molar-refractivity contribution is 1.30. The molecule has 3 nitrogen and oxygen atoms in total. The molecule has 180 valence electrons. The van der Waals surface area contributed by atoms with Crippen molar-refractivity contribution in [2.45, 2.75) is 20.8 Å². The summed E-state index contributed by atoms with van der Waals surface area (Å²) in [5, 5.41) is 0. The third-order valence-electron chi connectivity index (χ3n) is 5.01. The minimum absolute atomic E-state index is 0.777. The van der Waals surface area contributed by atoms with Gasteiger partial charge in [-0.3, -0.25) is 15.0 Å². The average molecular weight is 496 g/mol. The topological polar surface area (TPSA) is 38.7 Å². The predicted molar refractivity (Wildman–Crippen MR) is 155 cm³/mol. The number of pyridine rings is 3. The summed E-state index contributed by atoms with van der Waals surface area (Å²) in [5.41, 5.74) is 7.15. The van der Waals surface area contributed by atoms with Gasteiger partial charge in [-0.25, -0.2) is 0 Å². The van der Waals surface area contributed by atoms with Crippen molar-refractivity contribution in [1.82, 2.24) is 15.0 Å². The Bertz CT molecular complexity index is 1690. The first-order valence-corrected chi connectivity index (χ1v) is 12.0.